The second kappa shape index (κ2) is 5.34. The lowest BCUT2D eigenvalue weighted by Gasteiger charge is -2.07. The topological polar surface area (TPSA) is 68.0 Å². The molecule has 2 rings (SSSR count). The number of hydrogen-bond acceptors (Lipinski definition) is 5. The summed E-state index contributed by atoms with van der Waals surface area (Å²) in [4.78, 5) is 7.79. The van der Waals surface area contributed by atoms with E-state index < -0.39 is 0 Å². The minimum Gasteiger partial charge on any atom is -0.497 e. The fourth-order valence-electron chi connectivity index (χ4n) is 1.30. The Balaban J connectivity index is 2.35. The Labute approximate surface area is 109 Å². The first kappa shape index (κ1) is 12.1. The Morgan fingerprint density at radius 1 is 1.17 bits per heavy atom. The van der Waals surface area contributed by atoms with Gasteiger partial charge < -0.3 is 9.47 Å². The van der Waals surface area contributed by atoms with Gasteiger partial charge in [0.15, 0.2) is 5.15 Å². The smallest absolute Gasteiger partial charge is 0.257 e. The zero-order valence-corrected chi connectivity index (χ0v) is 10.2. The van der Waals surface area contributed by atoms with Crippen molar-refractivity contribution in [2.75, 3.05) is 7.11 Å². The summed E-state index contributed by atoms with van der Waals surface area (Å²) >= 11 is 5.83. The van der Waals surface area contributed by atoms with Gasteiger partial charge in [-0.2, -0.15) is 5.26 Å². The fourth-order valence-corrected chi connectivity index (χ4v) is 1.45. The van der Waals surface area contributed by atoms with Crippen LogP contribution in [-0.2, 0) is 0 Å². The van der Waals surface area contributed by atoms with Crippen molar-refractivity contribution in [3.63, 3.8) is 0 Å². The van der Waals surface area contributed by atoms with Crippen molar-refractivity contribution in [1.82, 2.24) is 9.97 Å². The van der Waals surface area contributed by atoms with Crippen LogP contribution >= 0.6 is 11.6 Å². The lowest BCUT2D eigenvalue weighted by atomic mass is 10.2. The molecule has 0 aliphatic rings. The molecule has 0 radical (unpaired) electrons. The van der Waals surface area contributed by atoms with Gasteiger partial charge in [-0.1, -0.05) is 11.6 Å². The van der Waals surface area contributed by atoms with E-state index in [1.54, 1.807) is 18.2 Å². The van der Waals surface area contributed by atoms with E-state index in [2.05, 4.69) is 9.97 Å². The van der Waals surface area contributed by atoms with E-state index in [4.69, 9.17) is 26.3 Å². The van der Waals surface area contributed by atoms with Crippen LogP contribution in [0.4, 0.5) is 0 Å². The predicted octanol–water partition coefficient (Wildman–Crippen LogP) is 2.80. The molecule has 0 N–H and O–H groups in total. The number of methoxy groups -OCH3 is 1. The van der Waals surface area contributed by atoms with Crippen LogP contribution < -0.4 is 9.47 Å². The van der Waals surface area contributed by atoms with Gasteiger partial charge in [0.1, 0.15) is 11.5 Å². The molecule has 0 unspecified atom stereocenters. The third-order valence-corrected chi connectivity index (χ3v) is 2.34. The molecule has 0 fully saturated rings. The molecular formula is C12H8ClN3O2. The largest absolute Gasteiger partial charge is 0.497 e. The highest BCUT2D eigenvalue weighted by molar-refractivity contribution is 6.30. The van der Waals surface area contributed by atoms with Gasteiger partial charge in [-0.25, -0.2) is 9.97 Å². The van der Waals surface area contributed by atoms with E-state index in [-0.39, 0.29) is 11.0 Å². The molecule has 0 bridgehead atoms. The highest BCUT2D eigenvalue weighted by atomic mass is 35.5. The SMILES string of the molecule is COc1cc(C#N)cc(Oc2nccnc2Cl)c1. The lowest BCUT2D eigenvalue weighted by molar-refractivity contribution is 0.407. The minimum absolute atomic E-state index is 0.152. The highest BCUT2D eigenvalue weighted by Gasteiger charge is 2.07. The Hall–Kier alpha value is -2.32. The van der Waals surface area contributed by atoms with Gasteiger partial charge in [-0.05, 0) is 12.1 Å². The van der Waals surface area contributed by atoms with Crippen LogP contribution in [0, 0.1) is 11.3 Å². The van der Waals surface area contributed by atoms with Crippen LogP contribution in [0.15, 0.2) is 30.6 Å². The number of benzene rings is 1. The van der Waals surface area contributed by atoms with E-state index in [9.17, 15) is 0 Å². The van der Waals surface area contributed by atoms with Gasteiger partial charge in [0.25, 0.3) is 5.88 Å². The highest BCUT2D eigenvalue weighted by Crippen LogP contribution is 2.28. The van der Waals surface area contributed by atoms with Crippen LogP contribution in [-0.4, -0.2) is 17.1 Å². The van der Waals surface area contributed by atoms with E-state index >= 15 is 0 Å². The molecule has 90 valence electrons. The Morgan fingerprint density at radius 3 is 2.56 bits per heavy atom. The Kier molecular flexibility index (Phi) is 3.60. The first-order valence-corrected chi connectivity index (χ1v) is 5.34. The maximum atomic E-state index is 8.89. The molecule has 18 heavy (non-hydrogen) atoms. The number of hydrogen-bond donors (Lipinski definition) is 0. The van der Waals surface area contributed by atoms with Crippen molar-refractivity contribution in [1.29, 1.82) is 5.26 Å². The minimum atomic E-state index is 0.152. The molecule has 0 aliphatic carbocycles. The molecule has 0 aliphatic heterocycles. The van der Waals surface area contributed by atoms with E-state index in [1.165, 1.54) is 19.5 Å². The van der Waals surface area contributed by atoms with E-state index in [1.807, 2.05) is 6.07 Å². The summed E-state index contributed by atoms with van der Waals surface area (Å²) in [6.45, 7) is 0. The van der Waals surface area contributed by atoms with Gasteiger partial charge in [0, 0.05) is 18.5 Å². The van der Waals surface area contributed by atoms with Crippen LogP contribution in [0.3, 0.4) is 0 Å². The third-order valence-electron chi connectivity index (χ3n) is 2.08. The molecule has 5 nitrogen and oxygen atoms in total. The molecule has 0 atom stereocenters. The summed E-state index contributed by atoms with van der Waals surface area (Å²) in [6.07, 6.45) is 2.92. The number of halogens is 1. The van der Waals surface area contributed by atoms with Gasteiger partial charge in [0.2, 0.25) is 0 Å². The first-order chi connectivity index (χ1) is 8.72. The number of aromatic nitrogens is 2. The average molecular weight is 262 g/mol. The summed E-state index contributed by atoms with van der Waals surface area (Å²) in [5, 5.41) is 9.04. The monoisotopic (exact) mass is 261 g/mol. The lowest BCUT2D eigenvalue weighted by Crippen LogP contribution is -1.92. The van der Waals surface area contributed by atoms with E-state index in [0.717, 1.165) is 0 Å². The molecular weight excluding hydrogens is 254 g/mol. The molecule has 0 saturated carbocycles. The molecule has 1 aromatic heterocycles. The fraction of sp³-hybridized carbons (Fsp3) is 0.0833. The van der Waals surface area contributed by atoms with Crippen LogP contribution in [0.2, 0.25) is 5.15 Å². The van der Waals surface area contributed by atoms with Crippen LogP contribution in [0.25, 0.3) is 0 Å². The second-order valence-electron chi connectivity index (χ2n) is 3.26. The van der Waals surface area contributed by atoms with Gasteiger partial charge in [-0.15, -0.1) is 0 Å². The van der Waals surface area contributed by atoms with Crippen LogP contribution in [0.1, 0.15) is 5.56 Å². The maximum Gasteiger partial charge on any atom is 0.257 e. The molecule has 0 saturated heterocycles. The van der Waals surface area contributed by atoms with Gasteiger partial charge in [0.05, 0.1) is 18.7 Å². The summed E-state index contributed by atoms with van der Waals surface area (Å²) in [7, 11) is 1.51. The normalized spacial score (nSPS) is 9.61. The molecule has 1 aromatic carbocycles. The Bertz CT molecular complexity index is 611. The Morgan fingerprint density at radius 2 is 1.89 bits per heavy atom. The molecule has 6 heteroatoms. The second-order valence-corrected chi connectivity index (χ2v) is 3.62. The quantitative estimate of drug-likeness (QED) is 0.850. The van der Waals surface area contributed by atoms with E-state index in [0.29, 0.717) is 17.1 Å². The predicted molar refractivity (Wildman–Crippen MR) is 64.8 cm³/mol. The first-order valence-electron chi connectivity index (χ1n) is 4.96. The standard InChI is InChI=1S/C12H8ClN3O2/c1-17-9-4-8(7-14)5-10(6-9)18-12-11(13)15-2-3-16-12/h2-6H,1H3. The molecule has 1 heterocycles. The van der Waals surface area contributed by atoms with Crippen LogP contribution in [0.5, 0.6) is 17.4 Å². The van der Waals surface area contributed by atoms with Crippen molar-refractivity contribution >= 4 is 11.6 Å². The number of rotatable bonds is 3. The summed E-state index contributed by atoms with van der Waals surface area (Å²) in [5.74, 6) is 1.11. The molecule has 0 amide bonds. The average Bonchev–Trinajstić information content (AvgIpc) is 2.41. The zero-order valence-electron chi connectivity index (χ0n) is 9.42. The maximum absolute atomic E-state index is 8.89. The van der Waals surface area contributed by atoms with Crippen molar-refractivity contribution in [2.24, 2.45) is 0 Å². The zero-order chi connectivity index (χ0) is 13.0. The van der Waals surface area contributed by atoms with Crippen molar-refractivity contribution in [2.45, 2.75) is 0 Å². The third kappa shape index (κ3) is 2.67. The van der Waals surface area contributed by atoms with Crippen molar-refractivity contribution in [3.8, 4) is 23.4 Å². The molecule has 0 spiro atoms. The summed E-state index contributed by atoms with van der Waals surface area (Å²) in [5.41, 5.74) is 0.421. The number of nitriles is 1. The van der Waals surface area contributed by atoms with Gasteiger partial charge >= 0.3 is 0 Å². The number of nitrogens with zero attached hydrogens (tertiary/aromatic N) is 3. The summed E-state index contributed by atoms with van der Waals surface area (Å²) in [6, 6.07) is 6.81. The van der Waals surface area contributed by atoms with Crippen molar-refractivity contribution in [3.05, 3.63) is 41.3 Å². The van der Waals surface area contributed by atoms with Crippen molar-refractivity contribution < 1.29 is 9.47 Å². The number of ether oxygens (including phenoxy) is 2. The van der Waals surface area contributed by atoms with Gasteiger partial charge in [-0.3, -0.25) is 0 Å². The summed E-state index contributed by atoms with van der Waals surface area (Å²) < 4.78 is 10.5. The molecule has 2 aromatic rings.